The van der Waals surface area contributed by atoms with Gasteiger partial charge in [-0.3, -0.25) is 0 Å². The van der Waals surface area contributed by atoms with Crippen molar-refractivity contribution in [1.29, 1.82) is 0 Å². The van der Waals surface area contributed by atoms with E-state index in [1.807, 2.05) is 0 Å². The number of rotatable bonds is 2. The first kappa shape index (κ1) is 11.8. The van der Waals surface area contributed by atoms with Crippen LogP contribution in [-0.2, 0) is 15.3 Å². The van der Waals surface area contributed by atoms with Gasteiger partial charge in [0.2, 0.25) is 0 Å². The summed E-state index contributed by atoms with van der Waals surface area (Å²) in [6.07, 6.45) is -0.222. The highest BCUT2D eigenvalue weighted by Gasteiger charge is 2.38. The SMILES string of the molecule is CC1(c2ccc(F)c(F)c2)OCC(CCl)O1. The van der Waals surface area contributed by atoms with Gasteiger partial charge in [0, 0.05) is 5.56 Å². The summed E-state index contributed by atoms with van der Waals surface area (Å²) in [5.74, 6) is -2.55. The van der Waals surface area contributed by atoms with Crippen molar-refractivity contribution in [3.8, 4) is 0 Å². The first-order chi connectivity index (χ1) is 7.55. The minimum absolute atomic E-state index is 0.222. The zero-order chi connectivity index (χ0) is 11.8. The molecule has 2 unspecified atom stereocenters. The number of hydrogen-bond donors (Lipinski definition) is 0. The topological polar surface area (TPSA) is 18.5 Å². The Hall–Kier alpha value is -0.710. The average molecular weight is 249 g/mol. The molecule has 1 aromatic rings. The summed E-state index contributed by atoms with van der Waals surface area (Å²) in [6.45, 7) is 2.01. The Morgan fingerprint density at radius 3 is 2.75 bits per heavy atom. The monoisotopic (exact) mass is 248 g/mol. The maximum absolute atomic E-state index is 13.1. The predicted octanol–water partition coefficient (Wildman–Crippen LogP) is 2.79. The van der Waals surface area contributed by atoms with Crippen LogP contribution in [0.25, 0.3) is 0 Å². The first-order valence-electron chi connectivity index (χ1n) is 4.88. The van der Waals surface area contributed by atoms with Crippen molar-refractivity contribution in [3.05, 3.63) is 35.4 Å². The molecule has 0 bridgehead atoms. The van der Waals surface area contributed by atoms with Gasteiger partial charge in [0.1, 0.15) is 0 Å². The van der Waals surface area contributed by atoms with Crippen LogP contribution in [0.4, 0.5) is 8.78 Å². The number of benzene rings is 1. The van der Waals surface area contributed by atoms with E-state index in [9.17, 15) is 8.78 Å². The maximum atomic E-state index is 13.1. The predicted molar refractivity (Wildman–Crippen MR) is 55.3 cm³/mol. The summed E-state index contributed by atoms with van der Waals surface area (Å²) in [4.78, 5) is 0. The van der Waals surface area contributed by atoms with E-state index in [0.717, 1.165) is 12.1 Å². The van der Waals surface area contributed by atoms with Crippen molar-refractivity contribution in [2.45, 2.75) is 18.8 Å². The van der Waals surface area contributed by atoms with Crippen molar-refractivity contribution >= 4 is 11.6 Å². The number of hydrogen-bond acceptors (Lipinski definition) is 2. The number of halogens is 3. The van der Waals surface area contributed by atoms with Gasteiger partial charge in [-0.25, -0.2) is 8.78 Å². The molecular weight excluding hydrogens is 238 g/mol. The highest BCUT2D eigenvalue weighted by atomic mass is 35.5. The molecule has 1 fully saturated rings. The Labute approximate surface area is 97.1 Å². The van der Waals surface area contributed by atoms with Crippen molar-refractivity contribution in [1.82, 2.24) is 0 Å². The molecular formula is C11H11ClF2O2. The van der Waals surface area contributed by atoms with Crippen molar-refractivity contribution < 1.29 is 18.3 Å². The Balaban J connectivity index is 2.27. The molecule has 16 heavy (non-hydrogen) atoms. The Morgan fingerprint density at radius 1 is 1.44 bits per heavy atom. The van der Waals surface area contributed by atoms with Crippen LogP contribution in [-0.4, -0.2) is 18.6 Å². The van der Waals surface area contributed by atoms with Gasteiger partial charge in [-0.05, 0) is 19.1 Å². The lowest BCUT2D eigenvalue weighted by molar-refractivity contribution is -0.159. The highest BCUT2D eigenvalue weighted by Crippen LogP contribution is 2.34. The molecule has 2 rings (SSSR count). The Morgan fingerprint density at radius 2 is 2.19 bits per heavy atom. The van der Waals surface area contributed by atoms with Gasteiger partial charge in [0.05, 0.1) is 18.6 Å². The summed E-state index contributed by atoms with van der Waals surface area (Å²) < 4.78 is 36.8. The van der Waals surface area contributed by atoms with Crippen LogP contribution < -0.4 is 0 Å². The molecule has 88 valence electrons. The Kier molecular flexibility index (Phi) is 3.15. The van der Waals surface area contributed by atoms with E-state index < -0.39 is 17.4 Å². The molecule has 0 aromatic heterocycles. The molecule has 1 aromatic carbocycles. The largest absolute Gasteiger partial charge is 0.343 e. The molecule has 1 aliphatic rings. The van der Waals surface area contributed by atoms with Crippen molar-refractivity contribution in [2.24, 2.45) is 0 Å². The van der Waals surface area contributed by atoms with E-state index in [-0.39, 0.29) is 6.10 Å². The standard InChI is InChI=1S/C11H11ClF2O2/c1-11(15-6-8(5-12)16-11)7-2-3-9(13)10(14)4-7/h2-4,8H,5-6H2,1H3. The van der Waals surface area contributed by atoms with E-state index in [1.165, 1.54) is 6.07 Å². The highest BCUT2D eigenvalue weighted by molar-refractivity contribution is 6.18. The molecule has 0 amide bonds. The van der Waals surface area contributed by atoms with E-state index in [0.29, 0.717) is 18.1 Å². The van der Waals surface area contributed by atoms with Gasteiger partial charge in [-0.15, -0.1) is 11.6 Å². The van der Waals surface area contributed by atoms with Gasteiger partial charge >= 0.3 is 0 Å². The summed E-state index contributed by atoms with van der Waals surface area (Å²) in [5.41, 5.74) is 0.444. The third-order valence-electron chi connectivity index (χ3n) is 2.55. The maximum Gasteiger partial charge on any atom is 0.192 e. The van der Waals surface area contributed by atoms with Crippen molar-refractivity contribution in [3.63, 3.8) is 0 Å². The average Bonchev–Trinajstić information content (AvgIpc) is 2.66. The summed E-state index contributed by atoms with van der Waals surface area (Å²) in [6, 6.07) is 3.57. The molecule has 0 radical (unpaired) electrons. The summed E-state index contributed by atoms with van der Waals surface area (Å²) in [7, 11) is 0. The van der Waals surface area contributed by atoms with Gasteiger partial charge < -0.3 is 9.47 Å². The fraction of sp³-hybridized carbons (Fsp3) is 0.455. The second-order valence-corrected chi connectivity index (χ2v) is 4.09. The van der Waals surface area contributed by atoms with Gasteiger partial charge in [-0.2, -0.15) is 0 Å². The molecule has 2 nitrogen and oxygen atoms in total. The van der Waals surface area contributed by atoms with Crippen molar-refractivity contribution in [2.75, 3.05) is 12.5 Å². The van der Waals surface area contributed by atoms with Crippen LogP contribution in [0, 0.1) is 11.6 Å². The lowest BCUT2D eigenvalue weighted by Gasteiger charge is -2.23. The molecule has 1 aliphatic heterocycles. The minimum atomic E-state index is -1.05. The molecule has 5 heteroatoms. The molecule has 0 aliphatic carbocycles. The second-order valence-electron chi connectivity index (χ2n) is 3.78. The zero-order valence-corrected chi connectivity index (χ0v) is 9.43. The first-order valence-corrected chi connectivity index (χ1v) is 5.42. The quantitative estimate of drug-likeness (QED) is 0.750. The molecule has 0 saturated carbocycles. The lowest BCUT2D eigenvalue weighted by Crippen LogP contribution is -2.24. The number of ether oxygens (including phenoxy) is 2. The molecule has 2 atom stereocenters. The molecule has 1 heterocycles. The lowest BCUT2D eigenvalue weighted by atomic mass is 10.1. The number of alkyl halides is 1. The van der Waals surface area contributed by atoms with Crippen LogP contribution >= 0.6 is 11.6 Å². The molecule has 0 spiro atoms. The van der Waals surface area contributed by atoms with E-state index in [1.54, 1.807) is 6.92 Å². The summed E-state index contributed by atoms with van der Waals surface area (Å²) in [5, 5.41) is 0. The summed E-state index contributed by atoms with van der Waals surface area (Å²) >= 11 is 5.64. The van der Waals surface area contributed by atoms with Crippen LogP contribution in [0.2, 0.25) is 0 Å². The third-order valence-corrected chi connectivity index (χ3v) is 2.90. The van der Waals surface area contributed by atoms with E-state index in [2.05, 4.69) is 0 Å². The smallest absolute Gasteiger partial charge is 0.192 e. The molecule has 0 N–H and O–H groups in total. The van der Waals surface area contributed by atoms with Crippen LogP contribution in [0.1, 0.15) is 12.5 Å². The van der Waals surface area contributed by atoms with Gasteiger partial charge in [0.25, 0.3) is 0 Å². The van der Waals surface area contributed by atoms with E-state index >= 15 is 0 Å². The van der Waals surface area contributed by atoms with Gasteiger partial charge in [-0.1, -0.05) is 6.07 Å². The Bertz CT molecular complexity index is 400. The van der Waals surface area contributed by atoms with Crippen LogP contribution in [0.15, 0.2) is 18.2 Å². The zero-order valence-electron chi connectivity index (χ0n) is 8.67. The van der Waals surface area contributed by atoms with E-state index in [4.69, 9.17) is 21.1 Å². The molecule has 1 saturated heterocycles. The fourth-order valence-corrected chi connectivity index (χ4v) is 1.80. The second kappa shape index (κ2) is 4.28. The van der Waals surface area contributed by atoms with Crippen LogP contribution in [0.5, 0.6) is 0 Å². The minimum Gasteiger partial charge on any atom is -0.343 e. The van der Waals surface area contributed by atoms with Crippen LogP contribution in [0.3, 0.4) is 0 Å². The normalized spacial score (nSPS) is 29.6. The fourth-order valence-electron chi connectivity index (χ4n) is 1.64. The third kappa shape index (κ3) is 2.05. The van der Waals surface area contributed by atoms with Gasteiger partial charge in [0.15, 0.2) is 17.4 Å².